The highest BCUT2D eigenvalue weighted by Crippen LogP contribution is 2.25. The van der Waals surface area contributed by atoms with Gasteiger partial charge < -0.3 is 15.0 Å². The highest BCUT2D eigenvalue weighted by molar-refractivity contribution is 6.32. The summed E-state index contributed by atoms with van der Waals surface area (Å²) in [5.41, 5.74) is 0. The van der Waals surface area contributed by atoms with Gasteiger partial charge in [0.1, 0.15) is 5.02 Å². The van der Waals surface area contributed by atoms with E-state index in [1.807, 2.05) is 4.90 Å². The Morgan fingerprint density at radius 1 is 1.71 bits per heavy atom. The summed E-state index contributed by atoms with van der Waals surface area (Å²) < 4.78 is 5.27. The predicted octanol–water partition coefficient (Wildman–Crippen LogP) is 0.900. The van der Waals surface area contributed by atoms with Crippen LogP contribution in [0.5, 0.6) is 0 Å². The average molecular weight is 254 g/mol. The number of halogens is 1. The van der Waals surface area contributed by atoms with Crippen molar-refractivity contribution < 1.29 is 4.74 Å². The van der Waals surface area contributed by atoms with Crippen molar-refractivity contribution in [1.82, 2.24) is 9.97 Å². The Balaban J connectivity index is 2.24. The van der Waals surface area contributed by atoms with Crippen LogP contribution in [0.25, 0.3) is 0 Å². The zero-order valence-corrected chi connectivity index (χ0v) is 10.1. The molecule has 0 saturated carbocycles. The minimum absolute atomic E-state index is 0.437. The largest absolute Gasteiger partial charge is 0.360 e. The maximum absolute atomic E-state index is 8.85. The molecule has 0 aliphatic carbocycles. The first-order valence-corrected chi connectivity index (χ1v) is 5.59. The van der Waals surface area contributed by atoms with Crippen molar-refractivity contribution in [2.24, 2.45) is 0 Å². The number of anilines is 2. The van der Waals surface area contributed by atoms with Crippen LogP contribution < -0.4 is 10.2 Å². The van der Waals surface area contributed by atoms with Gasteiger partial charge in [-0.2, -0.15) is 10.2 Å². The number of rotatable bonds is 2. The average Bonchev–Trinajstić information content (AvgIpc) is 2.39. The molecule has 2 rings (SSSR count). The van der Waals surface area contributed by atoms with Crippen LogP contribution >= 0.6 is 11.6 Å². The molecule has 0 radical (unpaired) electrons. The second-order valence-corrected chi connectivity index (χ2v) is 3.96. The fourth-order valence-corrected chi connectivity index (χ4v) is 1.83. The number of morpholine rings is 1. The fourth-order valence-electron chi connectivity index (χ4n) is 1.62. The van der Waals surface area contributed by atoms with E-state index < -0.39 is 6.10 Å². The van der Waals surface area contributed by atoms with Crippen molar-refractivity contribution in [1.29, 1.82) is 5.26 Å². The van der Waals surface area contributed by atoms with E-state index in [4.69, 9.17) is 21.6 Å². The van der Waals surface area contributed by atoms with Gasteiger partial charge in [0.05, 0.1) is 25.4 Å². The minimum atomic E-state index is -0.437. The lowest BCUT2D eigenvalue weighted by Gasteiger charge is -2.31. The summed E-state index contributed by atoms with van der Waals surface area (Å²) in [5.74, 6) is 1.14. The van der Waals surface area contributed by atoms with Gasteiger partial charge in [-0.1, -0.05) is 11.6 Å². The first kappa shape index (κ1) is 11.9. The molecule has 1 fully saturated rings. The Labute approximate surface area is 104 Å². The van der Waals surface area contributed by atoms with E-state index in [1.54, 1.807) is 13.2 Å². The van der Waals surface area contributed by atoms with E-state index >= 15 is 0 Å². The molecule has 1 atom stereocenters. The van der Waals surface area contributed by atoms with E-state index in [0.29, 0.717) is 36.5 Å². The summed E-state index contributed by atoms with van der Waals surface area (Å²) >= 11 is 6.06. The Kier molecular flexibility index (Phi) is 3.61. The van der Waals surface area contributed by atoms with Gasteiger partial charge in [-0.3, -0.25) is 0 Å². The van der Waals surface area contributed by atoms with Crippen LogP contribution in [-0.4, -0.2) is 42.8 Å². The predicted molar refractivity (Wildman–Crippen MR) is 64.2 cm³/mol. The van der Waals surface area contributed by atoms with E-state index in [-0.39, 0.29) is 0 Å². The van der Waals surface area contributed by atoms with Crippen LogP contribution in [0.1, 0.15) is 0 Å². The molecule has 1 aromatic rings. The quantitative estimate of drug-likeness (QED) is 0.844. The van der Waals surface area contributed by atoms with Crippen LogP contribution in [0.4, 0.5) is 11.8 Å². The first-order chi connectivity index (χ1) is 8.24. The molecule has 1 unspecified atom stereocenters. The van der Waals surface area contributed by atoms with Gasteiger partial charge in [0, 0.05) is 13.6 Å². The van der Waals surface area contributed by atoms with Gasteiger partial charge in [0.25, 0.3) is 0 Å². The molecule has 6 nitrogen and oxygen atoms in total. The lowest BCUT2D eigenvalue weighted by molar-refractivity contribution is 0.0761. The van der Waals surface area contributed by atoms with Gasteiger partial charge in [0.2, 0.25) is 5.95 Å². The third kappa shape index (κ3) is 2.57. The van der Waals surface area contributed by atoms with Gasteiger partial charge in [-0.05, 0) is 0 Å². The van der Waals surface area contributed by atoms with Crippen LogP contribution in [0.3, 0.4) is 0 Å². The van der Waals surface area contributed by atoms with Gasteiger partial charge >= 0.3 is 0 Å². The van der Waals surface area contributed by atoms with Gasteiger partial charge in [-0.15, -0.1) is 0 Å². The Hall–Kier alpha value is -1.58. The van der Waals surface area contributed by atoms with Crippen molar-refractivity contribution in [3.05, 3.63) is 11.2 Å². The zero-order valence-electron chi connectivity index (χ0n) is 9.35. The van der Waals surface area contributed by atoms with E-state index in [9.17, 15) is 0 Å². The second kappa shape index (κ2) is 5.17. The topological polar surface area (TPSA) is 74.1 Å². The molecule has 0 bridgehead atoms. The van der Waals surface area contributed by atoms with Gasteiger partial charge in [0.15, 0.2) is 11.9 Å². The molecular weight excluding hydrogens is 242 g/mol. The SMILES string of the molecule is CNc1ncc(Cl)c(N2CCOC(C#N)C2)n1. The molecule has 1 aliphatic rings. The highest BCUT2D eigenvalue weighted by atomic mass is 35.5. The van der Waals surface area contributed by atoms with E-state index in [2.05, 4.69) is 21.4 Å². The van der Waals surface area contributed by atoms with Crippen molar-refractivity contribution in [2.75, 3.05) is 37.0 Å². The summed E-state index contributed by atoms with van der Waals surface area (Å²) in [4.78, 5) is 10.2. The molecule has 1 aromatic heterocycles. The number of nitrogens with one attached hydrogen (secondary N) is 1. The zero-order chi connectivity index (χ0) is 12.3. The monoisotopic (exact) mass is 253 g/mol. The number of hydrogen-bond donors (Lipinski definition) is 1. The highest BCUT2D eigenvalue weighted by Gasteiger charge is 2.23. The molecule has 0 spiro atoms. The van der Waals surface area contributed by atoms with Crippen LogP contribution in [0, 0.1) is 11.3 Å². The fraction of sp³-hybridized carbons (Fsp3) is 0.500. The normalized spacial score (nSPS) is 19.8. The van der Waals surface area contributed by atoms with Crippen LogP contribution in [-0.2, 0) is 4.74 Å². The smallest absolute Gasteiger partial charge is 0.224 e. The lowest BCUT2D eigenvalue weighted by atomic mass is 10.3. The number of ether oxygens (including phenoxy) is 1. The summed E-state index contributed by atoms with van der Waals surface area (Å²) in [6.07, 6.45) is 1.11. The minimum Gasteiger partial charge on any atom is -0.360 e. The molecule has 1 N–H and O–H groups in total. The molecule has 7 heteroatoms. The van der Waals surface area contributed by atoms with Crippen molar-refractivity contribution in [3.8, 4) is 6.07 Å². The number of hydrogen-bond acceptors (Lipinski definition) is 6. The Morgan fingerprint density at radius 3 is 3.24 bits per heavy atom. The summed E-state index contributed by atoms with van der Waals surface area (Å²) in [6, 6.07) is 2.09. The summed E-state index contributed by atoms with van der Waals surface area (Å²) in [7, 11) is 1.74. The molecule has 0 amide bonds. The maximum Gasteiger partial charge on any atom is 0.224 e. The maximum atomic E-state index is 8.85. The van der Waals surface area contributed by atoms with E-state index in [1.165, 1.54) is 0 Å². The van der Waals surface area contributed by atoms with Crippen molar-refractivity contribution >= 4 is 23.4 Å². The summed E-state index contributed by atoms with van der Waals surface area (Å²) in [5, 5.41) is 12.2. The third-order valence-electron chi connectivity index (χ3n) is 2.46. The molecular formula is C10H12ClN5O. The molecule has 0 aromatic carbocycles. The summed E-state index contributed by atoms with van der Waals surface area (Å²) in [6.45, 7) is 1.63. The Morgan fingerprint density at radius 2 is 2.53 bits per heavy atom. The second-order valence-electron chi connectivity index (χ2n) is 3.55. The van der Waals surface area contributed by atoms with Crippen molar-refractivity contribution in [3.63, 3.8) is 0 Å². The number of nitrogens with zero attached hydrogens (tertiary/aromatic N) is 4. The molecule has 17 heavy (non-hydrogen) atoms. The van der Waals surface area contributed by atoms with Crippen LogP contribution in [0.15, 0.2) is 6.20 Å². The standard InChI is InChI=1S/C10H12ClN5O/c1-13-10-14-5-8(11)9(15-10)16-2-3-17-7(4-12)6-16/h5,7H,2-3,6H2,1H3,(H,13,14,15). The first-order valence-electron chi connectivity index (χ1n) is 5.21. The molecule has 1 saturated heterocycles. The molecule has 1 aliphatic heterocycles. The third-order valence-corrected chi connectivity index (χ3v) is 2.73. The lowest BCUT2D eigenvalue weighted by Crippen LogP contribution is -2.42. The van der Waals surface area contributed by atoms with Gasteiger partial charge in [-0.25, -0.2) is 4.98 Å². The number of nitriles is 1. The Bertz CT molecular complexity index is 447. The van der Waals surface area contributed by atoms with Crippen LogP contribution in [0.2, 0.25) is 5.02 Å². The van der Waals surface area contributed by atoms with E-state index in [0.717, 1.165) is 0 Å². The van der Waals surface area contributed by atoms with Crippen molar-refractivity contribution in [2.45, 2.75) is 6.10 Å². The number of aromatic nitrogens is 2. The molecule has 90 valence electrons. The molecule has 2 heterocycles.